The van der Waals surface area contributed by atoms with E-state index in [4.69, 9.17) is 37.8 Å². The second-order valence-corrected chi connectivity index (χ2v) is 19.8. The number of ether oxygens (including phenoxy) is 2. The molecule has 0 radical (unpaired) electrons. The van der Waals surface area contributed by atoms with Crippen molar-refractivity contribution in [1.82, 2.24) is 30.7 Å². The van der Waals surface area contributed by atoms with Crippen molar-refractivity contribution in [1.29, 1.82) is 0 Å². The predicted molar refractivity (Wildman–Crippen MR) is 282 cm³/mol. The standard InChI is InChI=1S/C26H26ClFN4O5.C15H15N3O6.C11H13ClFN.2CH4/c1-14-3-8-21(16-4-7-20(28)19(27)12-16)32(14)22(33)13-31-23(34)26(37-25(31)36)10-9-15-11-17(5-6-18(15)26)30-24(35)29-2;1-16-13(22)17-9-2-3-10-8(6-9)4-5-15(10)12(21)18(7-11(19)20)14(23)24-15;1-7-2-5-11(14-7)8-3-4-10(13)9(12)6-8;;/h4-7,11-12,14,21H,3,8-10,13H2,1-2H3,(H2,29,30,35);2-3,6H,4-5,7H2,1H3,(H,19,20)(H2,16,17,22);3-4,6-7,11,14H,2,5H2,1H3;2*1H4/t14-,21-,26+;15-;7-,11+;;/m010../s1. The van der Waals surface area contributed by atoms with Gasteiger partial charge in [-0.15, -0.1) is 0 Å². The Labute approximate surface area is 454 Å². The number of aliphatic carboxylic acids is 1. The Morgan fingerprint density at radius 3 is 1.61 bits per heavy atom. The number of likely N-dealkylation sites (tertiary alicyclic amines) is 1. The van der Waals surface area contributed by atoms with E-state index < -0.39 is 66.0 Å². The van der Waals surface area contributed by atoms with E-state index >= 15 is 0 Å². The molecule has 0 aromatic heterocycles. The van der Waals surface area contributed by atoms with Crippen LogP contribution in [0.4, 0.5) is 39.3 Å². The Morgan fingerprint density at radius 2 is 1.16 bits per heavy atom. The number of halogens is 4. The molecule has 4 aromatic rings. The number of anilines is 2. The highest BCUT2D eigenvalue weighted by Gasteiger charge is 2.60. The molecule has 6 aliphatic rings. The van der Waals surface area contributed by atoms with E-state index in [0.717, 1.165) is 28.0 Å². The summed E-state index contributed by atoms with van der Waals surface area (Å²) in [6, 6.07) is 18.9. The van der Waals surface area contributed by atoms with Crippen molar-refractivity contribution in [3.8, 4) is 0 Å². The van der Waals surface area contributed by atoms with Gasteiger partial charge in [0.15, 0.2) is 0 Å². The lowest BCUT2D eigenvalue weighted by Gasteiger charge is -2.30. The van der Waals surface area contributed by atoms with Crippen LogP contribution in [0.25, 0.3) is 0 Å². The number of nitrogens with one attached hydrogen (secondary N) is 5. The average molecular weight is 1110 g/mol. The number of imide groups is 2. The van der Waals surface area contributed by atoms with Crippen molar-refractivity contribution in [2.45, 2.75) is 115 Å². The molecule has 77 heavy (non-hydrogen) atoms. The normalized spacial score (nSPS) is 23.4. The minimum absolute atomic E-state index is 0. The number of carboxylic acid groups (broad SMARTS) is 1. The third-order valence-electron chi connectivity index (χ3n) is 14.3. The number of benzene rings is 4. The summed E-state index contributed by atoms with van der Waals surface area (Å²) < 4.78 is 37.5. The third kappa shape index (κ3) is 11.8. The number of hydrogen-bond acceptors (Lipinski definition) is 11. The average Bonchev–Trinajstić information content (AvgIpc) is 4.33. The van der Waals surface area contributed by atoms with Gasteiger partial charge in [0.25, 0.3) is 11.8 Å². The summed E-state index contributed by atoms with van der Waals surface area (Å²) in [6.45, 7) is 2.86. The van der Waals surface area contributed by atoms with Gasteiger partial charge in [-0.05, 0) is 123 Å². The molecule has 4 saturated heterocycles. The smallest absolute Gasteiger partial charge is 0.418 e. The molecule has 10 rings (SSSR count). The lowest BCUT2D eigenvalue weighted by Crippen LogP contribution is -2.46. The third-order valence-corrected chi connectivity index (χ3v) is 14.9. The summed E-state index contributed by atoms with van der Waals surface area (Å²) in [7, 11) is 3.00. The lowest BCUT2D eigenvalue weighted by atomic mass is 9.94. The Hall–Kier alpha value is -7.36. The molecule has 4 aromatic carbocycles. The van der Waals surface area contributed by atoms with E-state index in [2.05, 4.69) is 33.5 Å². The minimum Gasteiger partial charge on any atom is -0.480 e. The zero-order chi connectivity index (χ0) is 54.1. The molecule has 9 amide bonds. The first-order valence-electron chi connectivity index (χ1n) is 24.2. The van der Waals surface area contributed by atoms with Crippen molar-refractivity contribution in [2.75, 3.05) is 37.8 Å². The van der Waals surface area contributed by atoms with Gasteiger partial charge in [-0.3, -0.25) is 19.2 Å². The number of amides is 9. The molecule has 412 valence electrons. The maximum atomic E-state index is 13.7. The molecule has 19 nitrogen and oxygen atoms in total. The number of nitrogens with zero attached hydrogens (tertiary/aromatic N) is 3. The van der Waals surface area contributed by atoms with Crippen LogP contribution in [0.2, 0.25) is 10.0 Å². The monoisotopic (exact) mass is 1110 g/mol. The number of rotatable bonds is 8. The molecule has 0 saturated carbocycles. The van der Waals surface area contributed by atoms with Gasteiger partial charge in [0.1, 0.15) is 24.7 Å². The molecule has 0 unspecified atom stereocenters. The predicted octanol–water partition coefficient (Wildman–Crippen LogP) is 9.31. The molecule has 6 atom stereocenters. The maximum absolute atomic E-state index is 13.7. The number of carbonyl (C=O) groups excluding carboxylic acids is 7. The number of aryl methyl sites for hydroxylation is 2. The Balaban J connectivity index is 0.000000205. The van der Waals surface area contributed by atoms with Crippen molar-refractivity contribution in [3.63, 3.8) is 0 Å². The van der Waals surface area contributed by atoms with Crippen molar-refractivity contribution in [3.05, 3.63) is 128 Å². The Morgan fingerprint density at radius 1 is 0.675 bits per heavy atom. The van der Waals surface area contributed by atoms with Gasteiger partial charge in [-0.2, -0.15) is 0 Å². The first kappa shape index (κ1) is 58.9. The molecular weight excluding hydrogens is 1050 g/mol. The van der Waals surface area contributed by atoms with Gasteiger partial charge >= 0.3 is 30.2 Å². The summed E-state index contributed by atoms with van der Waals surface area (Å²) in [5.41, 5.74) is 2.55. The van der Waals surface area contributed by atoms with Crippen LogP contribution in [0.1, 0.15) is 113 Å². The molecule has 2 spiro atoms. The van der Waals surface area contributed by atoms with E-state index in [-0.39, 0.29) is 67.7 Å². The van der Waals surface area contributed by atoms with Crippen molar-refractivity contribution < 1.29 is 61.7 Å². The second-order valence-electron chi connectivity index (χ2n) is 19.0. The highest BCUT2D eigenvalue weighted by atomic mass is 35.5. The molecule has 0 bridgehead atoms. The van der Waals surface area contributed by atoms with Gasteiger partial charge in [0.2, 0.25) is 17.1 Å². The van der Waals surface area contributed by atoms with Crippen LogP contribution >= 0.6 is 23.2 Å². The number of fused-ring (bicyclic) bond motifs is 4. The summed E-state index contributed by atoms with van der Waals surface area (Å²) in [4.78, 5) is 101. The molecule has 6 N–H and O–H groups in total. The molecule has 23 heteroatoms. The van der Waals surface area contributed by atoms with Gasteiger partial charge < -0.3 is 46.1 Å². The summed E-state index contributed by atoms with van der Waals surface area (Å²) in [5, 5.41) is 22.7. The van der Waals surface area contributed by atoms with E-state index in [1.54, 1.807) is 59.5 Å². The van der Waals surface area contributed by atoms with Crippen LogP contribution in [0.5, 0.6) is 0 Å². The van der Waals surface area contributed by atoms with Gasteiger partial charge in [0.05, 0.1) is 16.1 Å². The van der Waals surface area contributed by atoms with Crippen LogP contribution in [0.3, 0.4) is 0 Å². The fourth-order valence-corrected chi connectivity index (χ4v) is 10.9. The fraction of sp³-hybridized carbons (Fsp3) is 0.407. The van der Waals surface area contributed by atoms with E-state index in [1.165, 1.54) is 38.7 Å². The van der Waals surface area contributed by atoms with Crippen LogP contribution in [-0.4, -0.2) is 107 Å². The van der Waals surface area contributed by atoms with Crippen LogP contribution < -0.4 is 26.6 Å². The van der Waals surface area contributed by atoms with Crippen LogP contribution in [-0.2, 0) is 52.7 Å². The van der Waals surface area contributed by atoms with Gasteiger partial charge in [-0.1, -0.05) is 62.3 Å². The highest BCUT2D eigenvalue weighted by molar-refractivity contribution is 6.31. The van der Waals surface area contributed by atoms with E-state index in [1.807, 2.05) is 6.92 Å². The summed E-state index contributed by atoms with van der Waals surface area (Å²) in [6.07, 6.45) is 3.24. The first-order chi connectivity index (χ1) is 35.7. The number of urea groups is 2. The second kappa shape index (κ2) is 23.9. The number of carboxylic acids is 1. The van der Waals surface area contributed by atoms with Crippen molar-refractivity contribution >= 4 is 82.5 Å². The lowest BCUT2D eigenvalue weighted by molar-refractivity contribution is -0.144. The van der Waals surface area contributed by atoms with E-state index in [0.29, 0.717) is 70.7 Å². The molecular formula is C54H62Cl2F2N8O11. The molecule has 2 aliphatic carbocycles. The molecule has 4 fully saturated rings. The van der Waals surface area contributed by atoms with E-state index in [9.17, 15) is 47.1 Å². The summed E-state index contributed by atoms with van der Waals surface area (Å²) >= 11 is 11.7. The number of hydrogen-bond donors (Lipinski definition) is 6. The maximum Gasteiger partial charge on any atom is 0.418 e. The topological polar surface area (TPSA) is 245 Å². The Bertz CT molecular complexity index is 3010. The van der Waals surface area contributed by atoms with Crippen LogP contribution in [0.15, 0.2) is 72.8 Å². The molecule has 4 heterocycles. The quantitative estimate of drug-likeness (QED) is 0.0967. The zero-order valence-corrected chi connectivity index (χ0v) is 42.7. The minimum atomic E-state index is -1.49. The van der Waals surface area contributed by atoms with Crippen molar-refractivity contribution in [2.24, 2.45) is 0 Å². The summed E-state index contributed by atoms with van der Waals surface area (Å²) in [5.74, 6) is -3.83. The fourth-order valence-electron chi connectivity index (χ4n) is 10.6. The molecule has 4 aliphatic heterocycles. The highest BCUT2D eigenvalue weighted by Crippen LogP contribution is 2.48. The van der Waals surface area contributed by atoms with Gasteiger partial charge in [-0.25, -0.2) is 37.8 Å². The van der Waals surface area contributed by atoms with Crippen LogP contribution in [0, 0.1) is 11.6 Å². The van der Waals surface area contributed by atoms with Gasteiger partial charge in [0, 0.05) is 67.6 Å². The number of carbonyl (C=O) groups is 8. The largest absolute Gasteiger partial charge is 0.480 e. The zero-order valence-electron chi connectivity index (χ0n) is 41.2. The first-order valence-corrected chi connectivity index (χ1v) is 25.0. The Kier molecular flexibility index (Phi) is 18.3. The SMILES string of the molecule is C.C.CNC(=O)Nc1ccc2c(c1)CC[C@@]21OC(=O)N(CC(=O)N2[C@@H](C)CC[C@H]2c2ccc(F)c(Cl)c2)C1=O.CNC(=O)Nc1ccc2c(c1)CC[C@@]21OC(=O)N(CC(=O)O)C1=O.C[C@H]1CC[C@H](c2ccc(F)c(Cl)c2)N1.